The topological polar surface area (TPSA) is 101 Å². The molecule has 0 saturated carbocycles. The lowest BCUT2D eigenvalue weighted by Gasteiger charge is -2.36. The number of nitrogens with zero attached hydrogens (tertiary/aromatic N) is 4. The Labute approximate surface area is 192 Å². The summed E-state index contributed by atoms with van der Waals surface area (Å²) in [6.07, 6.45) is -0.659. The Morgan fingerprint density at radius 2 is 1.45 bits per heavy atom. The molecule has 10 heteroatoms. The monoisotopic (exact) mass is 527 g/mol. The zero-order valence-electron chi connectivity index (χ0n) is 18.9. The Morgan fingerprint density at radius 3 is 1.90 bits per heavy atom. The normalized spacial score (nSPS) is 15.5. The largest absolute Gasteiger partial charge is 0.444 e. The van der Waals surface area contributed by atoms with Crippen LogP contribution in [0.4, 0.5) is 9.59 Å². The maximum atomic E-state index is 12.1. The molecule has 9 nitrogen and oxygen atoms in total. The van der Waals surface area contributed by atoms with Crippen molar-refractivity contribution in [3.8, 4) is 0 Å². The fourth-order valence-corrected chi connectivity index (χ4v) is 2.53. The molecule has 2 amide bonds. The second-order valence-corrected chi connectivity index (χ2v) is 8.75. The molecule has 1 fully saturated rings. The Morgan fingerprint density at radius 1 is 0.966 bits per heavy atom. The predicted octanol–water partition coefficient (Wildman–Crippen LogP) is 2.73. The van der Waals surface area contributed by atoms with Gasteiger partial charge < -0.3 is 29.9 Å². The number of piperazine rings is 1. The first-order valence-electron chi connectivity index (χ1n) is 9.83. The van der Waals surface area contributed by atoms with Crippen LogP contribution in [-0.2, 0) is 9.47 Å². The number of carbonyl (C=O) groups is 2. The number of aliphatic imine (C=N–C) groups is 1. The molecule has 1 heterocycles. The number of amides is 2. The molecular formula is C19H38IN5O4. The van der Waals surface area contributed by atoms with E-state index in [1.54, 1.807) is 9.80 Å². The number of ether oxygens (including phenoxy) is 2. The van der Waals surface area contributed by atoms with Crippen molar-refractivity contribution in [1.82, 2.24) is 14.7 Å². The third-order valence-corrected chi connectivity index (χ3v) is 3.93. The van der Waals surface area contributed by atoms with Gasteiger partial charge in [0, 0.05) is 39.3 Å². The molecule has 1 aliphatic heterocycles. The van der Waals surface area contributed by atoms with Gasteiger partial charge in [0.05, 0.1) is 6.54 Å². The summed E-state index contributed by atoms with van der Waals surface area (Å²) >= 11 is 0. The van der Waals surface area contributed by atoms with Crippen molar-refractivity contribution in [2.24, 2.45) is 10.7 Å². The highest BCUT2D eigenvalue weighted by Gasteiger charge is 2.26. The molecule has 0 spiro atoms. The van der Waals surface area contributed by atoms with E-state index in [0.717, 1.165) is 0 Å². The second kappa shape index (κ2) is 11.7. The maximum Gasteiger partial charge on any atom is 0.410 e. The Hall–Kier alpha value is -1.46. The molecule has 0 bridgehead atoms. The number of carbonyl (C=O) groups excluding carboxylic acids is 2. The SMILES string of the molecule is CCN(CCN=C(N)N1CCN(C(=O)OC(C)(C)C)CC1)C(=O)OC(C)(C)C.I. The number of nitrogens with two attached hydrogens (primary N) is 1. The summed E-state index contributed by atoms with van der Waals surface area (Å²) in [4.78, 5) is 33.8. The van der Waals surface area contributed by atoms with Crippen molar-refractivity contribution >= 4 is 42.1 Å². The second-order valence-electron chi connectivity index (χ2n) is 8.75. The van der Waals surface area contributed by atoms with Crippen LogP contribution in [0.3, 0.4) is 0 Å². The minimum absolute atomic E-state index is 0. The molecule has 0 aromatic carbocycles. The summed E-state index contributed by atoms with van der Waals surface area (Å²) in [7, 11) is 0. The van der Waals surface area contributed by atoms with E-state index in [9.17, 15) is 9.59 Å². The van der Waals surface area contributed by atoms with Crippen LogP contribution in [0.15, 0.2) is 4.99 Å². The average molecular weight is 527 g/mol. The molecule has 29 heavy (non-hydrogen) atoms. The molecule has 2 N–H and O–H groups in total. The standard InChI is InChI=1S/C19H37N5O4.HI/c1-8-22(16(25)27-18(2,3)4)10-9-21-15(20)23-11-13-24(14-12-23)17(26)28-19(5,6)7;/h8-14H2,1-7H3,(H2,20,21);1H. The van der Waals surface area contributed by atoms with Gasteiger partial charge in [0.2, 0.25) is 0 Å². The number of hydrogen-bond donors (Lipinski definition) is 1. The maximum absolute atomic E-state index is 12.1. The van der Waals surface area contributed by atoms with Crippen molar-refractivity contribution in [3.05, 3.63) is 0 Å². The summed E-state index contributed by atoms with van der Waals surface area (Å²) in [5, 5.41) is 0. The Bertz CT molecular complexity index is 564. The third-order valence-electron chi connectivity index (χ3n) is 3.93. The van der Waals surface area contributed by atoms with E-state index in [1.807, 2.05) is 53.4 Å². The average Bonchev–Trinajstić information content (AvgIpc) is 2.55. The van der Waals surface area contributed by atoms with Crippen LogP contribution < -0.4 is 5.73 Å². The summed E-state index contributed by atoms with van der Waals surface area (Å²) in [5.41, 5.74) is 5.05. The Balaban J connectivity index is 0.00000784. The first-order chi connectivity index (χ1) is 12.8. The van der Waals surface area contributed by atoms with Crippen LogP contribution in [0.2, 0.25) is 0 Å². The molecule has 0 radical (unpaired) electrons. The molecule has 1 aliphatic rings. The van der Waals surface area contributed by atoms with Gasteiger partial charge >= 0.3 is 12.2 Å². The van der Waals surface area contributed by atoms with Crippen molar-refractivity contribution in [1.29, 1.82) is 0 Å². The number of guanidine groups is 1. The van der Waals surface area contributed by atoms with Crippen molar-refractivity contribution in [3.63, 3.8) is 0 Å². The van der Waals surface area contributed by atoms with Crippen LogP contribution in [-0.4, -0.2) is 89.9 Å². The molecule has 1 saturated heterocycles. The first-order valence-corrected chi connectivity index (χ1v) is 9.83. The number of hydrogen-bond acceptors (Lipinski definition) is 5. The molecule has 0 aromatic rings. The van der Waals surface area contributed by atoms with Gasteiger partial charge in [-0.1, -0.05) is 0 Å². The third kappa shape index (κ3) is 10.8. The lowest BCUT2D eigenvalue weighted by Crippen LogP contribution is -2.53. The van der Waals surface area contributed by atoms with Gasteiger partial charge in [-0.15, -0.1) is 24.0 Å². The highest BCUT2D eigenvalue weighted by Crippen LogP contribution is 2.12. The van der Waals surface area contributed by atoms with E-state index in [0.29, 0.717) is 51.8 Å². The van der Waals surface area contributed by atoms with Crippen molar-refractivity contribution in [2.45, 2.75) is 59.7 Å². The highest BCUT2D eigenvalue weighted by atomic mass is 127. The van der Waals surface area contributed by atoms with Gasteiger partial charge in [0.1, 0.15) is 11.2 Å². The van der Waals surface area contributed by atoms with E-state index in [-0.39, 0.29) is 36.2 Å². The first kappa shape index (κ1) is 27.5. The van der Waals surface area contributed by atoms with Crippen LogP contribution >= 0.6 is 24.0 Å². The van der Waals surface area contributed by atoms with E-state index in [2.05, 4.69) is 4.99 Å². The van der Waals surface area contributed by atoms with Crippen LogP contribution in [0.25, 0.3) is 0 Å². The van der Waals surface area contributed by atoms with Crippen LogP contribution in [0.1, 0.15) is 48.5 Å². The van der Waals surface area contributed by atoms with Gasteiger partial charge in [-0.05, 0) is 48.5 Å². The lowest BCUT2D eigenvalue weighted by atomic mass is 10.2. The lowest BCUT2D eigenvalue weighted by molar-refractivity contribution is 0.0186. The summed E-state index contributed by atoms with van der Waals surface area (Å²) < 4.78 is 10.8. The molecule has 0 aliphatic carbocycles. The van der Waals surface area contributed by atoms with Crippen molar-refractivity contribution in [2.75, 3.05) is 45.8 Å². The van der Waals surface area contributed by atoms with Gasteiger partial charge in [0.25, 0.3) is 0 Å². The van der Waals surface area contributed by atoms with E-state index in [1.165, 1.54) is 0 Å². The number of halogens is 1. The molecule has 0 atom stereocenters. The fourth-order valence-electron chi connectivity index (χ4n) is 2.53. The number of likely N-dealkylation sites (N-methyl/N-ethyl adjacent to an activating group) is 1. The number of rotatable bonds is 4. The van der Waals surface area contributed by atoms with Crippen LogP contribution in [0, 0.1) is 0 Å². The molecular weight excluding hydrogens is 489 g/mol. The highest BCUT2D eigenvalue weighted by molar-refractivity contribution is 14.0. The van der Waals surface area contributed by atoms with E-state index >= 15 is 0 Å². The smallest absolute Gasteiger partial charge is 0.410 e. The zero-order valence-corrected chi connectivity index (χ0v) is 21.2. The van der Waals surface area contributed by atoms with E-state index in [4.69, 9.17) is 15.2 Å². The molecule has 0 unspecified atom stereocenters. The predicted molar refractivity (Wildman–Crippen MR) is 125 cm³/mol. The van der Waals surface area contributed by atoms with Gasteiger partial charge in [0.15, 0.2) is 5.96 Å². The molecule has 0 aromatic heterocycles. The fraction of sp³-hybridized carbons (Fsp3) is 0.842. The van der Waals surface area contributed by atoms with Crippen LogP contribution in [0.5, 0.6) is 0 Å². The van der Waals surface area contributed by atoms with Gasteiger partial charge in [-0.25, -0.2) is 9.59 Å². The zero-order chi connectivity index (χ0) is 21.5. The Kier molecular flexibility index (Phi) is 11.1. The summed E-state index contributed by atoms with van der Waals surface area (Å²) in [5.74, 6) is 0.420. The van der Waals surface area contributed by atoms with Crippen molar-refractivity contribution < 1.29 is 19.1 Å². The quantitative estimate of drug-likeness (QED) is 0.343. The molecule has 170 valence electrons. The minimum atomic E-state index is -0.527. The van der Waals surface area contributed by atoms with E-state index < -0.39 is 11.2 Å². The summed E-state index contributed by atoms with van der Waals surface area (Å²) in [6.45, 7) is 16.6. The summed E-state index contributed by atoms with van der Waals surface area (Å²) in [6, 6.07) is 0. The minimum Gasteiger partial charge on any atom is -0.444 e. The van der Waals surface area contributed by atoms with Gasteiger partial charge in [-0.2, -0.15) is 0 Å². The molecule has 1 rings (SSSR count). The van der Waals surface area contributed by atoms with Gasteiger partial charge in [-0.3, -0.25) is 4.99 Å².